The van der Waals surface area contributed by atoms with Crippen molar-refractivity contribution < 1.29 is 22.7 Å². The molecule has 0 aliphatic heterocycles. The molecule has 1 heterocycles. The SMILES string of the molecule is O=C(O)c1cnc(C[SH](=O)=O)nc1-c1ccc(F)cc1Cl. The minimum atomic E-state index is -2.76. The fourth-order valence-electron chi connectivity index (χ4n) is 1.65. The normalized spacial score (nSPS) is 10.8. The van der Waals surface area contributed by atoms with Gasteiger partial charge < -0.3 is 5.11 Å². The summed E-state index contributed by atoms with van der Waals surface area (Å²) in [5.41, 5.74) is -0.136. The largest absolute Gasteiger partial charge is 0.478 e. The molecule has 0 spiro atoms. The lowest BCUT2D eigenvalue weighted by molar-refractivity contribution is 0.0697. The molecule has 6 nitrogen and oxygen atoms in total. The van der Waals surface area contributed by atoms with Gasteiger partial charge in [0.2, 0.25) is 0 Å². The zero-order valence-electron chi connectivity index (χ0n) is 10.3. The van der Waals surface area contributed by atoms with Gasteiger partial charge in [0.1, 0.15) is 33.7 Å². The van der Waals surface area contributed by atoms with Gasteiger partial charge in [-0.25, -0.2) is 27.6 Å². The van der Waals surface area contributed by atoms with Gasteiger partial charge in [-0.3, -0.25) is 0 Å². The number of hydrogen-bond acceptors (Lipinski definition) is 5. The van der Waals surface area contributed by atoms with Crippen LogP contribution in [-0.2, 0) is 16.5 Å². The van der Waals surface area contributed by atoms with E-state index in [1.54, 1.807) is 0 Å². The Hall–Kier alpha value is -2.06. The number of aromatic nitrogens is 2. The monoisotopic (exact) mass is 330 g/mol. The van der Waals surface area contributed by atoms with Crippen LogP contribution in [-0.4, -0.2) is 29.5 Å². The van der Waals surface area contributed by atoms with E-state index in [9.17, 15) is 17.6 Å². The summed E-state index contributed by atoms with van der Waals surface area (Å²) in [6.07, 6.45) is 0.999. The third kappa shape index (κ3) is 3.53. The summed E-state index contributed by atoms with van der Waals surface area (Å²) < 4.78 is 34.5. The average Bonchev–Trinajstić information content (AvgIpc) is 2.37. The summed E-state index contributed by atoms with van der Waals surface area (Å²) in [4.78, 5) is 18.8. The zero-order valence-corrected chi connectivity index (χ0v) is 11.9. The van der Waals surface area contributed by atoms with Crippen molar-refractivity contribution in [2.45, 2.75) is 5.75 Å². The molecule has 110 valence electrons. The third-order valence-corrected chi connectivity index (χ3v) is 3.38. The summed E-state index contributed by atoms with van der Waals surface area (Å²) in [5.74, 6) is -2.38. The van der Waals surface area contributed by atoms with Gasteiger partial charge in [-0.2, -0.15) is 0 Å². The highest BCUT2D eigenvalue weighted by atomic mass is 35.5. The second-order valence-corrected chi connectivity index (χ2v) is 5.36. The first-order chi connectivity index (χ1) is 9.88. The molecule has 2 rings (SSSR count). The molecular formula is C12H8ClFN2O4S. The molecule has 1 aromatic carbocycles. The summed E-state index contributed by atoms with van der Waals surface area (Å²) in [5, 5.41) is 9.10. The number of thiol groups is 1. The van der Waals surface area contributed by atoms with Crippen LogP contribution in [0.2, 0.25) is 5.02 Å². The van der Waals surface area contributed by atoms with Crippen molar-refractivity contribution >= 4 is 28.3 Å². The molecule has 9 heteroatoms. The number of aromatic carboxylic acids is 1. The van der Waals surface area contributed by atoms with Crippen LogP contribution in [0, 0.1) is 5.82 Å². The Kier molecular flexibility index (Phi) is 4.49. The van der Waals surface area contributed by atoms with Gasteiger partial charge in [-0.15, -0.1) is 0 Å². The van der Waals surface area contributed by atoms with Crippen molar-refractivity contribution in [1.82, 2.24) is 9.97 Å². The topological polar surface area (TPSA) is 97.2 Å². The van der Waals surface area contributed by atoms with Crippen molar-refractivity contribution in [2.75, 3.05) is 0 Å². The van der Waals surface area contributed by atoms with Crippen molar-refractivity contribution in [3.8, 4) is 11.3 Å². The van der Waals surface area contributed by atoms with E-state index in [2.05, 4.69) is 9.97 Å². The average molecular weight is 331 g/mol. The molecule has 0 fully saturated rings. The summed E-state index contributed by atoms with van der Waals surface area (Å²) >= 11 is 5.89. The Morgan fingerprint density at radius 1 is 1.38 bits per heavy atom. The van der Waals surface area contributed by atoms with E-state index in [4.69, 9.17) is 16.7 Å². The van der Waals surface area contributed by atoms with E-state index in [-0.39, 0.29) is 27.7 Å². The Morgan fingerprint density at radius 2 is 2.10 bits per heavy atom. The Morgan fingerprint density at radius 3 is 2.67 bits per heavy atom. The predicted molar refractivity (Wildman–Crippen MR) is 73.4 cm³/mol. The first-order valence-electron chi connectivity index (χ1n) is 5.55. The minimum Gasteiger partial charge on any atom is -0.478 e. The van der Waals surface area contributed by atoms with Gasteiger partial charge in [0.25, 0.3) is 0 Å². The molecule has 1 aromatic heterocycles. The number of carboxylic acids is 1. The molecule has 0 saturated heterocycles. The van der Waals surface area contributed by atoms with Gasteiger partial charge in [0.05, 0.1) is 10.7 Å². The molecule has 0 bridgehead atoms. The molecule has 0 aliphatic carbocycles. The molecule has 2 aromatic rings. The molecule has 1 N–H and O–H groups in total. The van der Waals surface area contributed by atoms with Crippen LogP contribution in [0.25, 0.3) is 11.3 Å². The highest BCUT2D eigenvalue weighted by Gasteiger charge is 2.18. The molecule has 0 atom stereocenters. The quantitative estimate of drug-likeness (QED) is 0.829. The van der Waals surface area contributed by atoms with E-state index in [1.165, 1.54) is 6.07 Å². The lowest BCUT2D eigenvalue weighted by atomic mass is 10.1. The second kappa shape index (κ2) is 6.15. The molecule has 0 unspecified atom stereocenters. The molecule has 0 saturated carbocycles. The lowest BCUT2D eigenvalue weighted by Crippen LogP contribution is -2.07. The van der Waals surface area contributed by atoms with Crippen LogP contribution in [0.15, 0.2) is 24.4 Å². The van der Waals surface area contributed by atoms with Crippen LogP contribution < -0.4 is 0 Å². The van der Waals surface area contributed by atoms with Crippen molar-refractivity contribution in [2.24, 2.45) is 0 Å². The Labute approximate surface area is 125 Å². The van der Waals surface area contributed by atoms with Gasteiger partial charge in [-0.1, -0.05) is 11.6 Å². The minimum absolute atomic E-state index is 0.0336. The first kappa shape index (κ1) is 15.3. The van der Waals surface area contributed by atoms with E-state index in [0.29, 0.717) is 0 Å². The number of hydrogen-bond donors (Lipinski definition) is 2. The fraction of sp³-hybridized carbons (Fsp3) is 0.0833. The summed E-state index contributed by atoms with van der Waals surface area (Å²) in [6.45, 7) is 0. The highest BCUT2D eigenvalue weighted by Crippen LogP contribution is 2.29. The van der Waals surface area contributed by atoms with Gasteiger partial charge in [0.15, 0.2) is 0 Å². The van der Waals surface area contributed by atoms with Gasteiger partial charge >= 0.3 is 5.97 Å². The number of carboxylic acid groups (broad SMARTS) is 1. The number of benzene rings is 1. The zero-order chi connectivity index (χ0) is 15.6. The smallest absolute Gasteiger partial charge is 0.339 e. The molecular weight excluding hydrogens is 323 g/mol. The standard InChI is InChI=1S/C12H8ClFN2O4S/c13-9-3-6(14)1-2-7(9)11-8(12(17)18)4-15-10(16-11)5-21(19)20/h1-4,21H,5H2,(H,17,18). The third-order valence-electron chi connectivity index (χ3n) is 2.53. The second-order valence-electron chi connectivity index (χ2n) is 3.97. The molecule has 0 radical (unpaired) electrons. The summed E-state index contributed by atoms with van der Waals surface area (Å²) in [7, 11) is -2.76. The van der Waals surface area contributed by atoms with Crippen molar-refractivity contribution in [3.05, 3.63) is 46.6 Å². The van der Waals surface area contributed by atoms with Gasteiger partial charge in [-0.05, 0) is 18.2 Å². The Balaban J connectivity index is 2.65. The van der Waals surface area contributed by atoms with Crippen LogP contribution in [0.3, 0.4) is 0 Å². The predicted octanol–water partition coefficient (Wildman–Crippen LogP) is 1.75. The molecule has 21 heavy (non-hydrogen) atoms. The maximum absolute atomic E-state index is 13.1. The van der Waals surface area contributed by atoms with E-state index >= 15 is 0 Å². The van der Waals surface area contributed by atoms with Gasteiger partial charge in [0, 0.05) is 11.8 Å². The van der Waals surface area contributed by atoms with Crippen LogP contribution in [0.1, 0.15) is 16.2 Å². The van der Waals surface area contributed by atoms with E-state index < -0.39 is 28.2 Å². The fourth-order valence-corrected chi connectivity index (χ4v) is 2.29. The molecule has 0 amide bonds. The van der Waals surface area contributed by atoms with E-state index in [0.717, 1.165) is 18.3 Å². The first-order valence-corrected chi connectivity index (χ1v) is 7.29. The lowest BCUT2D eigenvalue weighted by Gasteiger charge is -2.08. The number of rotatable bonds is 4. The molecule has 0 aliphatic rings. The van der Waals surface area contributed by atoms with Crippen LogP contribution in [0.4, 0.5) is 4.39 Å². The number of carbonyl (C=O) groups is 1. The van der Waals surface area contributed by atoms with Crippen LogP contribution in [0.5, 0.6) is 0 Å². The van der Waals surface area contributed by atoms with Crippen molar-refractivity contribution in [1.29, 1.82) is 0 Å². The maximum atomic E-state index is 13.1. The van der Waals surface area contributed by atoms with Crippen molar-refractivity contribution in [3.63, 3.8) is 0 Å². The maximum Gasteiger partial charge on any atom is 0.339 e. The highest BCUT2D eigenvalue weighted by molar-refractivity contribution is 7.71. The number of halogens is 2. The van der Waals surface area contributed by atoms with Crippen LogP contribution >= 0.6 is 11.6 Å². The summed E-state index contributed by atoms with van der Waals surface area (Å²) in [6, 6.07) is 3.38. The number of nitrogens with zero attached hydrogens (tertiary/aromatic N) is 2. The Bertz CT molecular complexity index is 787. The van der Waals surface area contributed by atoms with E-state index in [1.807, 2.05) is 0 Å².